The number of allylic oxidation sites excluding steroid dienone is 1. The Bertz CT molecular complexity index is 1840. The fraction of sp³-hybridized carbons (Fsp3) is 0.447. The largest absolute Gasteiger partial charge is 0.475 e. The maximum atomic E-state index is 15.4. The molecule has 2 aromatic carbocycles. The summed E-state index contributed by atoms with van der Waals surface area (Å²) in [5.74, 6) is -0.470. The van der Waals surface area contributed by atoms with E-state index in [0.717, 1.165) is 25.7 Å². The molecule has 8 nitrogen and oxygen atoms in total. The molecule has 6 rings (SSSR count). The van der Waals surface area contributed by atoms with E-state index >= 15 is 4.39 Å². The van der Waals surface area contributed by atoms with Crippen LogP contribution in [0.25, 0.3) is 22.0 Å². The Morgan fingerprint density at radius 1 is 1.02 bits per heavy atom. The molecule has 0 spiro atoms. The molecule has 0 N–H and O–H groups in total. The molecule has 50 heavy (non-hydrogen) atoms. The molecule has 1 saturated heterocycles. The Kier molecular flexibility index (Phi) is 9.94. The van der Waals surface area contributed by atoms with E-state index in [0.29, 0.717) is 41.8 Å². The molecule has 1 amide bonds. The third-order valence-corrected chi connectivity index (χ3v) is 9.02. The molecule has 1 aliphatic carbocycles. The molecule has 1 aliphatic heterocycles. The number of amides is 1. The summed E-state index contributed by atoms with van der Waals surface area (Å²) < 4.78 is 77.2. The van der Waals surface area contributed by atoms with Gasteiger partial charge in [-0.2, -0.15) is 17.6 Å². The Labute approximate surface area is 289 Å². The zero-order valence-corrected chi connectivity index (χ0v) is 28.7. The predicted molar refractivity (Wildman–Crippen MR) is 182 cm³/mol. The summed E-state index contributed by atoms with van der Waals surface area (Å²) in [6.45, 7) is 8.50. The molecule has 2 fully saturated rings. The number of fused-ring (bicyclic) bond motifs is 1. The van der Waals surface area contributed by atoms with E-state index in [1.54, 1.807) is 65.6 Å². The molecule has 1 saturated carbocycles. The summed E-state index contributed by atoms with van der Waals surface area (Å²) in [6, 6.07) is 16.5. The van der Waals surface area contributed by atoms with Gasteiger partial charge in [-0.3, -0.25) is 4.90 Å². The van der Waals surface area contributed by atoms with Crippen molar-refractivity contribution in [2.75, 3.05) is 19.8 Å². The minimum absolute atomic E-state index is 0.0178. The molecule has 2 aromatic heterocycles. The van der Waals surface area contributed by atoms with Crippen LogP contribution < -0.4 is 4.74 Å². The number of halogens is 4. The van der Waals surface area contributed by atoms with Crippen LogP contribution in [0.15, 0.2) is 66.9 Å². The summed E-state index contributed by atoms with van der Waals surface area (Å²) in [5, 5.41) is 4.30. The van der Waals surface area contributed by atoms with Gasteiger partial charge in [-0.15, -0.1) is 5.10 Å². The second-order valence-corrected chi connectivity index (χ2v) is 13.9. The van der Waals surface area contributed by atoms with Gasteiger partial charge < -0.3 is 14.2 Å². The lowest BCUT2D eigenvalue weighted by atomic mass is 9.88. The lowest BCUT2D eigenvalue weighted by Gasteiger charge is -2.32. The fourth-order valence-corrected chi connectivity index (χ4v) is 6.52. The second kappa shape index (κ2) is 14.0. The number of nitrogens with zero attached hydrogens (tertiary/aromatic N) is 4. The monoisotopic (exact) mass is 694 g/mol. The molecule has 0 radical (unpaired) electrons. The first kappa shape index (κ1) is 35.4. The van der Waals surface area contributed by atoms with Crippen molar-refractivity contribution >= 4 is 28.1 Å². The van der Waals surface area contributed by atoms with Gasteiger partial charge in [0.25, 0.3) is 0 Å². The van der Waals surface area contributed by atoms with Gasteiger partial charge in [0, 0.05) is 31.0 Å². The van der Waals surface area contributed by atoms with Crippen molar-refractivity contribution < 1.29 is 36.6 Å². The summed E-state index contributed by atoms with van der Waals surface area (Å²) >= 11 is 0. The van der Waals surface area contributed by atoms with Gasteiger partial charge in [0.1, 0.15) is 12.2 Å². The Balaban J connectivity index is 1.36. The smallest absolute Gasteiger partial charge is 0.410 e. The van der Waals surface area contributed by atoms with Gasteiger partial charge >= 0.3 is 12.3 Å². The van der Waals surface area contributed by atoms with Crippen LogP contribution in [0.1, 0.15) is 89.1 Å². The van der Waals surface area contributed by atoms with Crippen LogP contribution in [0.5, 0.6) is 5.88 Å². The van der Waals surface area contributed by atoms with Crippen LogP contribution in [-0.4, -0.2) is 62.8 Å². The van der Waals surface area contributed by atoms with E-state index in [9.17, 15) is 18.0 Å². The van der Waals surface area contributed by atoms with Crippen molar-refractivity contribution in [1.82, 2.24) is 19.7 Å². The standard InChI is InChI=1S/C38H42F4N4O4/c1-5-45(35(47)50-36(2,3)4)37(18-19-37)24-49-31-17-15-27(23-43-31)33(29(22-38(40,41)42)25-11-7-6-8-12-25)26-14-16-30-28(21-26)34(39)44-46(30)32-13-9-10-20-48-32/h6-8,11-12,14-17,21,23,32H,5,9-10,13,18-20,22,24H2,1-4H3/b33-29-. The Hall–Kier alpha value is -4.45. The lowest BCUT2D eigenvalue weighted by Crippen LogP contribution is -2.47. The third-order valence-electron chi connectivity index (χ3n) is 9.02. The van der Waals surface area contributed by atoms with Crippen LogP contribution in [-0.2, 0) is 9.47 Å². The average Bonchev–Trinajstić information content (AvgIpc) is 3.79. The number of carbonyl (C=O) groups is 1. The van der Waals surface area contributed by atoms with Crippen molar-refractivity contribution in [2.45, 2.75) is 89.8 Å². The highest BCUT2D eigenvalue weighted by Gasteiger charge is 2.51. The van der Waals surface area contributed by atoms with Crippen LogP contribution >= 0.6 is 0 Å². The van der Waals surface area contributed by atoms with E-state index < -0.39 is 42.0 Å². The van der Waals surface area contributed by atoms with Gasteiger partial charge in [-0.05, 0) is 100 Å². The summed E-state index contributed by atoms with van der Waals surface area (Å²) in [6.07, 6.45) is -1.12. The Morgan fingerprint density at radius 2 is 1.76 bits per heavy atom. The second-order valence-electron chi connectivity index (χ2n) is 13.9. The van der Waals surface area contributed by atoms with E-state index in [1.165, 1.54) is 10.9 Å². The third kappa shape index (κ3) is 7.96. The molecular formula is C38H42F4N4O4. The van der Waals surface area contributed by atoms with Crippen LogP contribution in [0.3, 0.4) is 0 Å². The van der Waals surface area contributed by atoms with Gasteiger partial charge in [0.2, 0.25) is 11.8 Å². The van der Waals surface area contributed by atoms with Crippen molar-refractivity contribution in [2.24, 2.45) is 0 Å². The summed E-state index contributed by atoms with van der Waals surface area (Å²) in [5.41, 5.74) is 0.765. The molecule has 0 bridgehead atoms. The maximum absolute atomic E-state index is 15.4. The van der Waals surface area contributed by atoms with Gasteiger partial charge in [-0.25, -0.2) is 14.5 Å². The summed E-state index contributed by atoms with van der Waals surface area (Å²) in [4.78, 5) is 19.1. The van der Waals surface area contributed by atoms with Gasteiger partial charge in [0.05, 0.1) is 22.9 Å². The number of aromatic nitrogens is 3. The quantitative estimate of drug-likeness (QED) is 0.122. The zero-order chi connectivity index (χ0) is 35.7. The molecular weight excluding hydrogens is 652 g/mol. The average molecular weight is 695 g/mol. The number of likely N-dealkylation sites (N-methyl/N-ethyl adjacent to an activating group) is 1. The lowest BCUT2D eigenvalue weighted by molar-refractivity contribution is -0.122. The van der Waals surface area contributed by atoms with E-state index in [-0.39, 0.29) is 29.0 Å². The normalized spacial score (nSPS) is 18.0. The molecule has 2 aliphatic rings. The highest BCUT2D eigenvalue weighted by atomic mass is 19.4. The molecule has 266 valence electrons. The molecule has 1 atom stereocenters. The number of hydrogen-bond donors (Lipinski definition) is 0. The summed E-state index contributed by atoms with van der Waals surface area (Å²) in [7, 11) is 0. The van der Waals surface area contributed by atoms with Gasteiger partial charge in [0.15, 0.2) is 6.23 Å². The number of hydrogen-bond acceptors (Lipinski definition) is 6. The van der Waals surface area contributed by atoms with E-state index in [1.807, 2.05) is 27.7 Å². The maximum Gasteiger partial charge on any atom is 0.410 e. The minimum Gasteiger partial charge on any atom is -0.475 e. The highest BCUT2D eigenvalue weighted by molar-refractivity contribution is 6.00. The molecule has 12 heteroatoms. The molecule has 4 aromatic rings. The Morgan fingerprint density at radius 3 is 2.36 bits per heavy atom. The van der Waals surface area contributed by atoms with Crippen molar-refractivity contribution in [1.29, 1.82) is 0 Å². The van der Waals surface area contributed by atoms with Crippen LogP contribution in [0.4, 0.5) is 22.4 Å². The number of ether oxygens (including phenoxy) is 3. The minimum atomic E-state index is -4.54. The first-order valence-electron chi connectivity index (χ1n) is 17.0. The van der Waals surface area contributed by atoms with Crippen LogP contribution in [0.2, 0.25) is 0 Å². The highest BCUT2D eigenvalue weighted by Crippen LogP contribution is 2.44. The molecule has 3 heterocycles. The van der Waals surface area contributed by atoms with E-state index in [4.69, 9.17) is 14.2 Å². The van der Waals surface area contributed by atoms with Crippen molar-refractivity contribution in [3.63, 3.8) is 0 Å². The van der Waals surface area contributed by atoms with Crippen molar-refractivity contribution in [3.05, 3.63) is 89.5 Å². The van der Waals surface area contributed by atoms with E-state index in [2.05, 4.69) is 10.1 Å². The first-order chi connectivity index (χ1) is 23.8. The molecule has 1 unspecified atom stereocenters. The number of rotatable bonds is 10. The topological polar surface area (TPSA) is 78.7 Å². The van der Waals surface area contributed by atoms with Gasteiger partial charge in [-0.1, -0.05) is 36.4 Å². The number of pyridine rings is 1. The van der Waals surface area contributed by atoms with Crippen molar-refractivity contribution in [3.8, 4) is 5.88 Å². The number of alkyl halides is 3. The fourth-order valence-electron chi connectivity index (χ4n) is 6.52. The SMILES string of the molecule is CCN(C(=O)OC(C)(C)C)C1(COc2ccc(/C(=C(/CC(F)(F)F)c3ccccc3)c3ccc4c(c3)c(F)nn4C3CCCCO3)cn2)CC1. The number of carbonyl (C=O) groups excluding carboxylic acids is 1. The van der Waals surface area contributed by atoms with Crippen LogP contribution in [0, 0.1) is 5.95 Å². The number of benzene rings is 2. The zero-order valence-electron chi connectivity index (χ0n) is 28.7. The first-order valence-corrected chi connectivity index (χ1v) is 17.0. The predicted octanol–water partition coefficient (Wildman–Crippen LogP) is 9.35.